The van der Waals surface area contributed by atoms with Crippen molar-refractivity contribution in [2.24, 2.45) is 0 Å². The van der Waals surface area contributed by atoms with Gasteiger partial charge in [-0.1, -0.05) is 23.7 Å². The molecule has 0 aliphatic rings. The second-order valence-electron chi connectivity index (χ2n) is 4.01. The molecule has 7 heteroatoms. The molecule has 0 atom stereocenters. The van der Waals surface area contributed by atoms with Gasteiger partial charge in [-0.15, -0.1) is 0 Å². The van der Waals surface area contributed by atoms with Gasteiger partial charge in [0.2, 0.25) is 0 Å². The molecule has 0 aromatic heterocycles. The third kappa shape index (κ3) is 4.54. The fourth-order valence-corrected chi connectivity index (χ4v) is 2.30. The van der Waals surface area contributed by atoms with Crippen LogP contribution in [0.25, 0.3) is 6.08 Å². The Morgan fingerprint density at radius 2 is 1.67 bits per heavy atom. The molecule has 0 aliphatic heterocycles. The van der Waals surface area contributed by atoms with Crippen molar-refractivity contribution in [3.8, 4) is 5.75 Å². The molecule has 21 heavy (non-hydrogen) atoms. The maximum atomic E-state index is 13.0. The number of benzene rings is 2. The third-order valence-electron chi connectivity index (χ3n) is 2.40. The van der Waals surface area contributed by atoms with E-state index in [4.69, 9.17) is 11.6 Å². The highest BCUT2D eigenvalue weighted by molar-refractivity contribution is 7.90. The first-order chi connectivity index (χ1) is 9.85. The zero-order chi connectivity index (χ0) is 15.5. The lowest BCUT2D eigenvalue weighted by molar-refractivity contribution is 0.479. The Balaban J connectivity index is 2.14. The minimum Gasteiger partial charge on any atom is -0.379 e. The summed E-state index contributed by atoms with van der Waals surface area (Å²) in [7, 11) is -4.08. The molecule has 0 amide bonds. The summed E-state index contributed by atoms with van der Waals surface area (Å²) in [4.78, 5) is 0. The van der Waals surface area contributed by atoms with Gasteiger partial charge in [-0.25, -0.2) is 8.78 Å². The number of hydrogen-bond donors (Lipinski definition) is 0. The molecule has 0 N–H and O–H groups in total. The molecule has 0 spiro atoms. The molecule has 0 fully saturated rings. The Kier molecular flexibility index (Phi) is 4.59. The summed E-state index contributed by atoms with van der Waals surface area (Å²) < 4.78 is 53.7. The first kappa shape index (κ1) is 15.5. The van der Waals surface area contributed by atoms with E-state index in [1.807, 2.05) is 0 Å². The highest BCUT2D eigenvalue weighted by atomic mass is 35.5. The highest BCUT2D eigenvalue weighted by Gasteiger charge is 2.10. The average molecular weight is 331 g/mol. The molecular formula is C14H9ClF2O3S. The van der Waals surface area contributed by atoms with E-state index >= 15 is 0 Å². The van der Waals surface area contributed by atoms with Gasteiger partial charge in [0.05, 0.1) is 5.41 Å². The molecule has 0 aliphatic carbocycles. The van der Waals surface area contributed by atoms with Crippen LogP contribution in [0.4, 0.5) is 8.78 Å². The summed E-state index contributed by atoms with van der Waals surface area (Å²) in [5, 5.41) is 1.34. The number of rotatable bonds is 4. The first-order valence-corrected chi connectivity index (χ1v) is 7.54. The Labute approximate surface area is 125 Å². The highest BCUT2D eigenvalue weighted by Crippen LogP contribution is 2.18. The van der Waals surface area contributed by atoms with E-state index in [1.54, 1.807) is 24.3 Å². The van der Waals surface area contributed by atoms with Crippen LogP contribution in [0.15, 0.2) is 47.9 Å². The SMILES string of the molecule is O=S(=O)(/C=C/c1ccc(Cl)cc1)Oc1ccc(F)c(F)c1. The lowest BCUT2D eigenvalue weighted by Crippen LogP contribution is -2.05. The van der Waals surface area contributed by atoms with Crippen molar-refractivity contribution >= 4 is 27.8 Å². The molecule has 2 aromatic rings. The van der Waals surface area contributed by atoms with Crippen molar-refractivity contribution in [3.05, 3.63) is 70.1 Å². The molecule has 3 nitrogen and oxygen atoms in total. The van der Waals surface area contributed by atoms with Gasteiger partial charge in [0.1, 0.15) is 5.75 Å². The van der Waals surface area contributed by atoms with Gasteiger partial charge in [-0.2, -0.15) is 8.42 Å². The lowest BCUT2D eigenvalue weighted by Gasteiger charge is -2.03. The van der Waals surface area contributed by atoms with Crippen LogP contribution in [-0.2, 0) is 10.1 Å². The summed E-state index contributed by atoms with van der Waals surface area (Å²) >= 11 is 5.70. The number of hydrogen-bond acceptors (Lipinski definition) is 3. The largest absolute Gasteiger partial charge is 0.379 e. The van der Waals surface area contributed by atoms with Crippen molar-refractivity contribution < 1.29 is 21.4 Å². The zero-order valence-electron chi connectivity index (χ0n) is 10.5. The van der Waals surface area contributed by atoms with Crippen LogP contribution in [0.3, 0.4) is 0 Å². The van der Waals surface area contributed by atoms with Crippen LogP contribution in [-0.4, -0.2) is 8.42 Å². The van der Waals surface area contributed by atoms with Crippen LogP contribution in [0, 0.1) is 11.6 Å². The van der Waals surface area contributed by atoms with Crippen molar-refractivity contribution in [1.29, 1.82) is 0 Å². The smallest absolute Gasteiger partial charge is 0.332 e. The third-order valence-corrected chi connectivity index (χ3v) is 3.55. The van der Waals surface area contributed by atoms with E-state index in [9.17, 15) is 17.2 Å². The molecule has 0 bridgehead atoms. The first-order valence-electron chi connectivity index (χ1n) is 5.69. The summed E-state index contributed by atoms with van der Waals surface area (Å²) in [6.45, 7) is 0. The van der Waals surface area contributed by atoms with Gasteiger partial charge in [0, 0.05) is 11.1 Å². The van der Waals surface area contributed by atoms with E-state index < -0.39 is 21.8 Å². The molecule has 0 saturated heterocycles. The van der Waals surface area contributed by atoms with E-state index in [0.29, 0.717) is 16.7 Å². The molecular weight excluding hydrogens is 322 g/mol. The van der Waals surface area contributed by atoms with Crippen LogP contribution in [0.2, 0.25) is 5.02 Å². The Morgan fingerprint density at radius 1 is 1.00 bits per heavy atom. The maximum absolute atomic E-state index is 13.0. The van der Waals surface area contributed by atoms with Gasteiger partial charge in [0.15, 0.2) is 11.6 Å². The average Bonchev–Trinajstić information content (AvgIpc) is 2.42. The minimum atomic E-state index is -4.08. The van der Waals surface area contributed by atoms with Gasteiger partial charge < -0.3 is 4.18 Å². The fraction of sp³-hybridized carbons (Fsp3) is 0. The second kappa shape index (κ2) is 6.24. The second-order valence-corrected chi connectivity index (χ2v) is 5.87. The lowest BCUT2D eigenvalue weighted by atomic mass is 10.2. The van der Waals surface area contributed by atoms with Crippen molar-refractivity contribution in [2.45, 2.75) is 0 Å². The molecule has 2 aromatic carbocycles. The molecule has 2 rings (SSSR count). The monoisotopic (exact) mass is 330 g/mol. The van der Waals surface area contributed by atoms with Crippen LogP contribution in [0.5, 0.6) is 5.75 Å². The summed E-state index contributed by atoms with van der Waals surface area (Å²) in [5.74, 6) is -2.59. The molecule has 110 valence electrons. The van der Waals surface area contributed by atoms with E-state index in [-0.39, 0.29) is 5.75 Å². The van der Waals surface area contributed by atoms with E-state index in [2.05, 4.69) is 4.18 Å². The van der Waals surface area contributed by atoms with Gasteiger partial charge in [-0.3, -0.25) is 0 Å². The summed E-state index contributed by atoms with van der Waals surface area (Å²) in [5.41, 5.74) is 0.594. The van der Waals surface area contributed by atoms with Crippen molar-refractivity contribution in [1.82, 2.24) is 0 Å². The predicted octanol–water partition coefficient (Wildman–Crippen LogP) is 4.00. The summed E-state index contributed by atoms with van der Waals surface area (Å²) in [6, 6.07) is 8.89. The standard InChI is InChI=1S/C14H9ClF2O3S/c15-11-3-1-10(2-4-11)7-8-21(18,19)20-12-5-6-13(16)14(17)9-12/h1-9H/b8-7+. The van der Waals surface area contributed by atoms with Gasteiger partial charge in [-0.05, 0) is 35.9 Å². The molecule has 0 heterocycles. The summed E-state index contributed by atoms with van der Waals surface area (Å²) in [6.07, 6.45) is 1.30. The molecule has 0 radical (unpaired) electrons. The van der Waals surface area contributed by atoms with Crippen LogP contribution in [0.1, 0.15) is 5.56 Å². The van der Waals surface area contributed by atoms with Crippen molar-refractivity contribution in [2.75, 3.05) is 0 Å². The Morgan fingerprint density at radius 3 is 2.29 bits per heavy atom. The van der Waals surface area contributed by atoms with Crippen LogP contribution < -0.4 is 4.18 Å². The Bertz CT molecular complexity index is 771. The molecule has 0 saturated carbocycles. The topological polar surface area (TPSA) is 43.4 Å². The Hall–Kier alpha value is -1.92. The number of halogens is 3. The predicted molar refractivity (Wildman–Crippen MR) is 76.4 cm³/mol. The zero-order valence-corrected chi connectivity index (χ0v) is 12.0. The minimum absolute atomic E-state index is 0.311. The fourth-order valence-electron chi connectivity index (χ4n) is 1.43. The normalized spacial score (nSPS) is 11.8. The van der Waals surface area contributed by atoms with Crippen molar-refractivity contribution in [3.63, 3.8) is 0 Å². The maximum Gasteiger partial charge on any atom is 0.332 e. The van der Waals surface area contributed by atoms with E-state index in [1.165, 1.54) is 6.08 Å². The van der Waals surface area contributed by atoms with Gasteiger partial charge in [0.25, 0.3) is 0 Å². The molecule has 0 unspecified atom stereocenters. The van der Waals surface area contributed by atoms with Crippen LogP contribution >= 0.6 is 11.6 Å². The van der Waals surface area contributed by atoms with Gasteiger partial charge >= 0.3 is 10.1 Å². The van der Waals surface area contributed by atoms with E-state index in [0.717, 1.165) is 17.5 Å². The quantitative estimate of drug-likeness (QED) is 0.796.